The molecule has 4 heteroatoms. The first kappa shape index (κ1) is 15.0. The molecule has 2 heterocycles. The summed E-state index contributed by atoms with van der Waals surface area (Å²) >= 11 is 4.33. The molecule has 2 aromatic rings. The van der Waals surface area contributed by atoms with E-state index in [1.165, 1.54) is 41.9 Å². The lowest BCUT2D eigenvalue weighted by atomic mass is 10.0. The van der Waals surface area contributed by atoms with Gasteiger partial charge in [0.05, 0.1) is 10.4 Å². The Morgan fingerprint density at radius 1 is 1.19 bits per heavy atom. The van der Waals surface area contributed by atoms with E-state index in [9.17, 15) is 0 Å². The summed E-state index contributed by atoms with van der Waals surface area (Å²) in [6.45, 7) is 3.24. The second kappa shape index (κ2) is 6.93. The fourth-order valence-electron chi connectivity index (χ4n) is 2.80. The van der Waals surface area contributed by atoms with Crippen molar-refractivity contribution in [1.29, 1.82) is 0 Å². The van der Waals surface area contributed by atoms with Gasteiger partial charge in [-0.3, -0.25) is 0 Å². The van der Waals surface area contributed by atoms with Crippen LogP contribution in [-0.2, 0) is 13.0 Å². The van der Waals surface area contributed by atoms with Crippen LogP contribution >= 0.6 is 23.5 Å². The highest BCUT2D eigenvalue weighted by Crippen LogP contribution is 2.49. The largest absolute Gasteiger partial charge is 0.337 e. The van der Waals surface area contributed by atoms with Gasteiger partial charge in [0.2, 0.25) is 0 Å². The van der Waals surface area contributed by atoms with Gasteiger partial charge in [-0.15, -0.1) is 23.5 Å². The van der Waals surface area contributed by atoms with Crippen molar-refractivity contribution in [2.75, 3.05) is 11.5 Å². The fraction of sp³-hybridized carbons (Fsp3) is 0.471. The molecule has 1 aromatic heterocycles. The maximum absolute atomic E-state index is 4.12. The van der Waals surface area contributed by atoms with Crippen molar-refractivity contribution in [3.8, 4) is 0 Å². The number of thioether (sulfide) groups is 2. The second-order valence-electron chi connectivity index (χ2n) is 5.67. The quantitative estimate of drug-likeness (QED) is 0.786. The van der Waals surface area contributed by atoms with Gasteiger partial charge < -0.3 is 4.57 Å². The van der Waals surface area contributed by atoms with Gasteiger partial charge in [0.25, 0.3) is 0 Å². The smallest absolute Gasteiger partial charge is 0.0945 e. The summed E-state index contributed by atoms with van der Waals surface area (Å²) in [5, 5.41) is 0. The van der Waals surface area contributed by atoms with Crippen molar-refractivity contribution in [2.24, 2.45) is 0 Å². The van der Waals surface area contributed by atoms with Gasteiger partial charge in [-0.2, -0.15) is 0 Å². The molecule has 3 rings (SSSR count). The Labute approximate surface area is 135 Å². The summed E-state index contributed by atoms with van der Waals surface area (Å²) in [7, 11) is 0. The number of rotatable bonds is 6. The average Bonchev–Trinajstić information content (AvgIpc) is 3.14. The highest BCUT2D eigenvalue weighted by Gasteiger charge is 2.35. The van der Waals surface area contributed by atoms with Crippen LogP contribution in [0.2, 0.25) is 0 Å². The molecule has 112 valence electrons. The van der Waals surface area contributed by atoms with Crippen LogP contribution in [-0.4, -0.2) is 25.1 Å². The third kappa shape index (κ3) is 4.07. The van der Waals surface area contributed by atoms with E-state index in [1.54, 1.807) is 0 Å². The summed E-state index contributed by atoms with van der Waals surface area (Å²) in [4.78, 5) is 4.12. The molecule has 0 atom stereocenters. The van der Waals surface area contributed by atoms with Gasteiger partial charge in [-0.05, 0) is 31.7 Å². The maximum atomic E-state index is 4.12. The summed E-state index contributed by atoms with van der Waals surface area (Å²) in [6.07, 6.45) is 9.52. The van der Waals surface area contributed by atoms with Crippen molar-refractivity contribution < 1.29 is 0 Å². The molecular weight excluding hydrogens is 296 g/mol. The van der Waals surface area contributed by atoms with E-state index < -0.39 is 0 Å². The molecule has 0 bridgehead atoms. The van der Waals surface area contributed by atoms with Gasteiger partial charge in [0, 0.05) is 30.4 Å². The summed E-state index contributed by atoms with van der Waals surface area (Å²) in [5.41, 5.74) is 2.82. The molecule has 0 aliphatic carbocycles. The minimum atomic E-state index is 0.385. The number of hydrogen-bond acceptors (Lipinski definition) is 3. The van der Waals surface area contributed by atoms with Gasteiger partial charge >= 0.3 is 0 Å². The molecule has 1 aromatic carbocycles. The van der Waals surface area contributed by atoms with Gasteiger partial charge in [-0.25, -0.2) is 4.98 Å². The second-order valence-corrected chi connectivity index (χ2v) is 8.89. The molecule has 1 saturated heterocycles. The third-order valence-corrected chi connectivity index (χ3v) is 7.47. The van der Waals surface area contributed by atoms with Crippen LogP contribution in [0, 0.1) is 6.92 Å². The molecule has 0 radical (unpaired) electrons. The van der Waals surface area contributed by atoms with Crippen LogP contribution in [0.25, 0.3) is 0 Å². The molecule has 0 unspecified atom stereocenters. The normalized spacial score (nSPS) is 17.2. The third-order valence-electron chi connectivity index (χ3n) is 3.94. The lowest BCUT2D eigenvalue weighted by Crippen LogP contribution is -2.21. The zero-order chi connectivity index (χ0) is 14.5. The molecule has 0 spiro atoms. The predicted molar refractivity (Wildman–Crippen MR) is 94.0 cm³/mol. The molecule has 21 heavy (non-hydrogen) atoms. The van der Waals surface area contributed by atoms with Crippen LogP contribution < -0.4 is 0 Å². The van der Waals surface area contributed by atoms with Crippen LogP contribution in [0.4, 0.5) is 0 Å². The average molecular weight is 319 g/mol. The molecule has 2 nitrogen and oxygen atoms in total. The highest BCUT2D eigenvalue weighted by atomic mass is 32.2. The zero-order valence-corrected chi connectivity index (χ0v) is 14.1. The lowest BCUT2D eigenvalue weighted by molar-refractivity contribution is 0.578. The van der Waals surface area contributed by atoms with Gasteiger partial charge in [0.1, 0.15) is 0 Å². The van der Waals surface area contributed by atoms with Crippen molar-refractivity contribution >= 4 is 23.5 Å². The Bertz CT molecular complexity index is 543. The van der Waals surface area contributed by atoms with Crippen molar-refractivity contribution in [3.63, 3.8) is 0 Å². The van der Waals surface area contributed by atoms with E-state index in [1.807, 2.05) is 12.5 Å². The van der Waals surface area contributed by atoms with E-state index in [4.69, 9.17) is 0 Å². The van der Waals surface area contributed by atoms with Gasteiger partial charge in [0.15, 0.2) is 0 Å². The van der Waals surface area contributed by atoms with Crippen LogP contribution in [0.3, 0.4) is 0 Å². The van der Waals surface area contributed by atoms with Gasteiger partial charge in [-0.1, -0.05) is 29.8 Å². The monoisotopic (exact) mass is 318 g/mol. The molecule has 1 aliphatic rings. The maximum Gasteiger partial charge on any atom is 0.0945 e. The molecule has 0 saturated carbocycles. The number of benzene rings is 1. The Balaban J connectivity index is 1.60. The first-order chi connectivity index (χ1) is 10.3. The molecule has 0 N–H and O–H groups in total. The van der Waals surface area contributed by atoms with Crippen LogP contribution in [0.5, 0.6) is 0 Å². The molecule has 0 amide bonds. The van der Waals surface area contributed by atoms with Crippen molar-refractivity contribution in [2.45, 2.75) is 36.8 Å². The number of aromatic nitrogens is 2. The SMILES string of the molecule is Cc1ccc(CC2(CCCn3ccnc3)SCCS2)cc1. The highest BCUT2D eigenvalue weighted by molar-refractivity contribution is 8.21. The fourth-order valence-corrected chi connectivity index (χ4v) is 6.16. The molecule has 1 fully saturated rings. The number of nitrogens with zero attached hydrogens (tertiary/aromatic N) is 2. The van der Waals surface area contributed by atoms with E-state index in [-0.39, 0.29) is 0 Å². The number of imidazole rings is 1. The standard InChI is InChI=1S/C17H22N2S2/c1-15-3-5-16(6-4-15)13-17(20-11-12-21-17)7-2-9-19-10-8-18-14-19/h3-6,8,10,14H,2,7,9,11-13H2,1H3. The molecule has 1 aliphatic heterocycles. The predicted octanol–water partition coefficient (Wildman–Crippen LogP) is 4.39. The Kier molecular flexibility index (Phi) is 4.96. The Morgan fingerprint density at radius 3 is 2.62 bits per heavy atom. The summed E-state index contributed by atoms with van der Waals surface area (Å²) in [6, 6.07) is 9.07. The van der Waals surface area contributed by atoms with Crippen molar-refractivity contribution in [1.82, 2.24) is 9.55 Å². The van der Waals surface area contributed by atoms with E-state index >= 15 is 0 Å². The first-order valence-electron chi connectivity index (χ1n) is 7.55. The number of hydrogen-bond donors (Lipinski definition) is 0. The summed E-state index contributed by atoms with van der Waals surface area (Å²) < 4.78 is 2.57. The van der Waals surface area contributed by atoms with E-state index in [0.29, 0.717) is 4.08 Å². The minimum absolute atomic E-state index is 0.385. The molecular formula is C17H22N2S2. The van der Waals surface area contributed by atoms with E-state index in [0.717, 1.165) is 6.54 Å². The number of aryl methyl sites for hydroxylation is 2. The minimum Gasteiger partial charge on any atom is -0.337 e. The van der Waals surface area contributed by atoms with Crippen molar-refractivity contribution in [3.05, 3.63) is 54.1 Å². The summed E-state index contributed by atoms with van der Waals surface area (Å²) in [5.74, 6) is 2.59. The lowest BCUT2D eigenvalue weighted by Gasteiger charge is -2.27. The Hall–Kier alpha value is -0.870. The van der Waals surface area contributed by atoms with Crippen LogP contribution in [0.15, 0.2) is 43.0 Å². The van der Waals surface area contributed by atoms with Crippen LogP contribution in [0.1, 0.15) is 24.0 Å². The first-order valence-corrected chi connectivity index (χ1v) is 9.52. The zero-order valence-electron chi connectivity index (χ0n) is 12.5. The van der Waals surface area contributed by atoms with E-state index in [2.05, 4.69) is 70.5 Å². The Morgan fingerprint density at radius 2 is 1.95 bits per heavy atom. The topological polar surface area (TPSA) is 17.8 Å².